The fraction of sp³-hybridized carbons (Fsp3) is 0.818. The van der Waals surface area contributed by atoms with Gasteiger partial charge in [0.1, 0.15) is 0 Å². The first-order valence-electron chi connectivity index (χ1n) is 15.1. The van der Waals surface area contributed by atoms with Gasteiger partial charge < -0.3 is 10.2 Å². The van der Waals surface area contributed by atoms with Crippen molar-refractivity contribution in [1.82, 2.24) is 0 Å². The van der Waals surface area contributed by atoms with Gasteiger partial charge in [0.15, 0.2) is 0 Å². The van der Waals surface area contributed by atoms with Crippen LogP contribution in [0.4, 0.5) is 0 Å². The molecule has 0 radical (unpaired) electrons. The van der Waals surface area contributed by atoms with E-state index in [9.17, 15) is 10.2 Å². The molecular formula is C33H47IO2. The number of aliphatic hydroxyl groups excluding tert-OH is 2. The molecule has 2 fully saturated rings. The summed E-state index contributed by atoms with van der Waals surface area (Å²) >= 11 is 2.97. The van der Waals surface area contributed by atoms with Gasteiger partial charge in [0.05, 0.1) is 0 Å². The molecule has 3 heteroatoms. The smallest absolute Gasteiger partial charge is 0.0439 e. The predicted molar refractivity (Wildman–Crippen MR) is 156 cm³/mol. The van der Waals surface area contributed by atoms with Crippen molar-refractivity contribution in [2.24, 2.45) is 45.8 Å². The molecule has 36 heavy (non-hydrogen) atoms. The highest BCUT2D eigenvalue weighted by molar-refractivity contribution is 14.1. The molecule has 2 nitrogen and oxygen atoms in total. The summed E-state index contributed by atoms with van der Waals surface area (Å²) in [7, 11) is 0. The van der Waals surface area contributed by atoms with Crippen molar-refractivity contribution in [1.29, 1.82) is 0 Å². The number of rotatable bonds is 6. The Morgan fingerprint density at radius 3 is 2.47 bits per heavy atom. The molecule has 0 saturated heterocycles. The van der Waals surface area contributed by atoms with E-state index in [0.29, 0.717) is 29.6 Å². The SMILES string of the molecule is CC(C)(C1(CCO)C2=C(CCCC2)C2CC=CCC21)C1(CCO)C2CC#CCC2C2CCCCC21I. The Kier molecular flexibility index (Phi) is 6.78. The van der Waals surface area contributed by atoms with Crippen LogP contribution >= 0.6 is 22.6 Å². The molecule has 6 rings (SSSR count). The van der Waals surface area contributed by atoms with Crippen LogP contribution in [0.3, 0.4) is 0 Å². The molecule has 6 aliphatic rings. The molecule has 2 N–H and O–H groups in total. The monoisotopic (exact) mass is 602 g/mol. The number of fused-ring (bicyclic) bond motifs is 5. The summed E-state index contributed by atoms with van der Waals surface area (Å²) in [5.41, 5.74) is 3.57. The third-order valence-electron chi connectivity index (χ3n) is 12.9. The van der Waals surface area contributed by atoms with Crippen LogP contribution in [-0.4, -0.2) is 26.8 Å². The predicted octanol–water partition coefficient (Wildman–Crippen LogP) is 7.62. The Bertz CT molecular complexity index is 999. The summed E-state index contributed by atoms with van der Waals surface area (Å²) in [6, 6.07) is 0. The van der Waals surface area contributed by atoms with Crippen molar-refractivity contribution in [3.63, 3.8) is 0 Å². The van der Waals surface area contributed by atoms with Crippen LogP contribution in [-0.2, 0) is 0 Å². The van der Waals surface area contributed by atoms with Gasteiger partial charge in [-0.25, -0.2) is 0 Å². The summed E-state index contributed by atoms with van der Waals surface area (Å²) in [5, 5.41) is 21.7. The highest BCUT2D eigenvalue weighted by atomic mass is 127. The Morgan fingerprint density at radius 1 is 0.917 bits per heavy atom. The molecule has 6 aliphatic carbocycles. The highest BCUT2D eigenvalue weighted by Crippen LogP contribution is 2.81. The number of aliphatic hydroxyl groups is 2. The minimum absolute atomic E-state index is 0.0159. The highest BCUT2D eigenvalue weighted by Gasteiger charge is 2.76. The second-order valence-electron chi connectivity index (χ2n) is 13.6. The zero-order chi connectivity index (χ0) is 25.2. The first-order valence-corrected chi connectivity index (χ1v) is 16.2. The standard InChI is InChI=1S/C33H47IO2/c1-30(2,31(19-21-35)26-14-6-3-11-23(26)24-12-4-7-15-27(24)31)32(20-22-36)28-16-8-5-13-25(28)29-17-9-10-18-33(29,32)34/h3,6,23,25-26,28-29,35-36H,4,7,9-22H2,1-2H3. The summed E-state index contributed by atoms with van der Waals surface area (Å²) in [6.45, 7) is 5.81. The van der Waals surface area contributed by atoms with Gasteiger partial charge in [-0.05, 0) is 105 Å². The van der Waals surface area contributed by atoms with Gasteiger partial charge in [0, 0.05) is 34.9 Å². The van der Waals surface area contributed by atoms with Crippen molar-refractivity contribution in [3.05, 3.63) is 23.3 Å². The second-order valence-corrected chi connectivity index (χ2v) is 15.6. The molecule has 0 aromatic rings. The Hall–Kier alpha value is -0.310. The minimum atomic E-state index is -0.0246. The molecule has 8 atom stereocenters. The maximum absolute atomic E-state index is 10.9. The molecule has 0 heterocycles. The molecule has 198 valence electrons. The molecular weight excluding hydrogens is 555 g/mol. The molecule has 0 spiro atoms. The fourth-order valence-electron chi connectivity index (χ4n) is 11.9. The molecule has 0 aromatic heterocycles. The van der Waals surface area contributed by atoms with Crippen LogP contribution in [0.25, 0.3) is 0 Å². The topological polar surface area (TPSA) is 40.5 Å². The van der Waals surface area contributed by atoms with Gasteiger partial charge in [-0.1, -0.05) is 72.6 Å². The number of hydrogen-bond donors (Lipinski definition) is 2. The van der Waals surface area contributed by atoms with Gasteiger partial charge in [0.25, 0.3) is 0 Å². The van der Waals surface area contributed by atoms with Gasteiger partial charge in [-0.2, -0.15) is 0 Å². The molecule has 0 amide bonds. The van der Waals surface area contributed by atoms with E-state index < -0.39 is 0 Å². The lowest BCUT2D eigenvalue weighted by Gasteiger charge is -2.66. The van der Waals surface area contributed by atoms with E-state index in [2.05, 4.69) is 60.4 Å². The van der Waals surface area contributed by atoms with Crippen LogP contribution in [0.5, 0.6) is 0 Å². The van der Waals surface area contributed by atoms with E-state index in [1.165, 1.54) is 57.8 Å². The Morgan fingerprint density at radius 2 is 1.67 bits per heavy atom. The van der Waals surface area contributed by atoms with E-state index in [4.69, 9.17) is 0 Å². The second kappa shape index (κ2) is 9.41. The van der Waals surface area contributed by atoms with Crippen LogP contribution in [0.1, 0.15) is 104 Å². The quantitative estimate of drug-likeness (QED) is 0.142. The Labute approximate surface area is 233 Å². The van der Waals surface area contributed by atoms with Crippen LogP contribution in [0.2, 0.25) is 0 Å². The van der Waals surface area contributed by atoms with E-state index in [1.54, 1.807) is 11.1 Å². The maximum Gasteiger partial charge on any atom is 0.0439 e. The molecule has 0 aliphatic heterocycles. The van der Waals surface area contributed by atoms with Crippen LogP contribution < -0.4 is 0 Å². The average molecular weight is 603 g/mol. The number of allylic oxidation sites excluding steroid dienone is 4. The summed E-state index contributed by atoms with van der Waals surface area (Å²) in [6.07, 6.45) is 21.5. The third-order valence-corrected chi connectivity index (χ3v) is 15.2. The zero-order valence-corrected chi connectivity index (χ0v) is 24.8. The average Bonchev–Trinajstić information content (AvgIpc) is 3.31. The molecule has 2 saturated carbocycles. The third kappa shape index (κ3) is 3.10. The first kappa shape index (κ1) is 25.9. The number of hydrogen-bond acceptors (Lipinski definition) is 2. The summed E-state index contributed by atoms with van der Waals surface area (Å²) in [5.74, 6) is 10.4. The van der Waals surface area contributed by atoms with Crippen molar-refractivity contribution in [3.8, 4) is 11.8 Å². The van der Waals surface area contributed by atoms with Gasteiger partial charge in [0.2, 0.25) is 0 Å². The molecule has 0 bridgehead atoms. The summed E-state index contributed by atoms with van der Waals surface area (Å²) in [4.78, 5) is 0. The maximum atomic E-state index is 10.9. The minimum Gasteiger partial charge on any atom is -0.396 e. The van der Waals surface area contributed by atoms with E-state index in [-0.39, 0.29) is 32.9 Å². The normalized spacial score (nSPS) is 45.4. The van der Waals surface area contributed by atoms with Crippen LogP contribution in [0, 0.1) is 57.7 Å². The van der Waals surface area contributed by atoms with E-state index in [0.717, 1.165) is 32.1 Å². The molecule has 0 aromatic carbocycles. The van der Waals surface area contributed by atoms with Crippen molar-refractivity contribution in [2.45, 2.75) is 107 Å². The van der Waals surface area contributed by atoms with Crippen molar-refractivity contribution in [2.75, 3.05) is 13.2 Å². The largest absolute Gasteiger partial charge is 0.396 e. The number of alkyl halides is 1. The van der Waals surface area contributed by atoms with Gasteiger partial charge in [-0.3, -0.25) is 0 Å². The lowest BCUT2D eigenvalue weighted by molar-refractivity contribution is -0.134. The van der Waals surface area contributed by atoms with Crippen molar-refractivity contribution >= 4 is 22.6 Å². The lowest BCUT2D eigenvalue weighted by Crippen LogP contribution is -2.63. The van der Waals surface area contributed by atoms with Gasteiger partial charge >= 0.3 is 0 Å². The van der Waals surface area contributed by atoms with Crippen LogP contribution in [0.15, 0.2) is 23.3 Å². The lowest BCUT2D eigenvalue weighted by atomic mass is 9.40. The first-order chi connectivity index (χ1) is 17.4. The zero-order valence-electron chi connectivity index (χ0n) is 22.6. The fourth-order valence-corrected chi connectivity index (χ4v) is 14.4. The van der Waals surface area contributed by atoms with E-state index in [1.807, 2.05) is 0 Å². The number of halogens is 1. The molecule has 8 unspecified atom stereocenters. The van der Waals surface area contributed by atoms with Gasteiger partial charge in [-0.15, -0.1) is 11.8 Å². The van der Waals surface area contributed by atoms with Crippen molar-refractivity contribution < 1.29 is 10.2 Å². The Balaban J connectivity index is 1.61. The summed E-state index contributed by atoms with van der Waals surface area (Å²) < 4.78 is 0.193. The van der Waals surface area contributed by atoms with E-state index >= 15 is 0 Å².